The fourth-order valence-electron chi connectivity index (χ4n) is 5.29. The van der Waals surface area contributed by atoms with Gasteiger partial charge in [-0.15, -0.1) is 0 Å². The Hall–Kier alpha value is -0.240. The van der Waals surface area contributed by atoms with Crippen molar-refractivity contribution >= 4 is 0 Å². The molecule has 2 saturated heterocycles. The monoisotopic (exact) mass is 471 g/mol. The van der Waals surface area contributed by atoms with Crippen LogP contribution in [0.15, 0.2) is 0 Å². The fourth-order valence-corrected chi connectivity index (χ4v) is 5.29. The third-order valence-electron chi connectivity index (χ3n) is 7.51. The molecular weight excluding hydrogens is 418 g/mol. The van der Waals surface area contributed by atoms with E-state index in [1.54, 1.807) is 0 Å². The Labute approximate surface area is 203 Å². The summed E-state index contributed by atoms with van der Waals surface area (Å²) in [4.78, 5) is 2.17. The number of hydrogen-bond donors (Lipinski definition) is 3. The summed E-state index contributed by atoms with van der Waals surface area (Å²) in [7, 11) is 0. The molecule has 0 saturated carbocycles. The van der Waals surface area contributed by atoms with Crippen LogP contribution >= 0.6 is 0 Å². The first-order chi connectivity index (χ1) is 16.2. The average molecular weight is 472 g/mol. The maximum Gasteiger partial charge on any atom is 0.111 e. The second-order valence-corrected chi connectivity index (χ2v) is 10.3. The largest absolute Gasteiger partial charge is 0.395 e. The number of nitrogens with zero attached hydrogens (tertiary/aromatic N) is 1. The van der Waals surface area contributed by atoms with E-state index in [2.05, 4.69) is 11.8 Å². The highest BCUT2D eigenvalue weighted by Crippen LogP contribution is 2.25. The fraction of sp³-hybridized carbons (Fsp3) is 1.00. The van der Waals surface area contributed by atoms with Crippen molar-refractivity contribution in [2.75, 3.05) is 32.9 Å². The van der Waals surface area contributed by atoms with Crippen LogP contribution in [0.2, 0.25) is 0 Å². The smallest absolute Gasteiger partial charge is 0.111 e. The van der Waals surface area contributed by atoms with Crippen molar-refractivity contribution in [3.05, 3.63) is 0 Å². The molecule has 0 radical (unpaired) electrons. The molecule has 2 fully saturated rings. The van der Waals surface area contributed by atoms with Crippen LogP contribution in [0.1, 0.15) is 110 Å². The number of ether oxygens (including phenoxy) is 2. The maximum absolute atomic E-state index is 10.4. The zero-order chi connectivity index (χ0) is 23.7. The molecule has 0 spiro atoms. The Morgan fingerprint density at radius 1 is 0.788 bits per heavy atom. The van der Waals surface area contributed by atoms with E-state index < -0.39 is 24.4 Å². The Balaban J connectivity index is 1.39. The standard InChI is InChI=1S/C27H53NO5/c1-2-3-4-5-6-7-8-9-10-11-12-13-14-15-19-32-22-25-27(31)26(30)24(33-25)20-28-18-16-17-23(28)21-29/h23-27,29-31H,2-22H2,1H3/t23-,24+,25+,26+,27+/m0/s1. The van der Waals surface area contributed by atoms with E-state index in [0.717, 1.165) is 25.8 Å². The molecule has 0 amide bonds. The molecule has 0 bridgehead atoms. The minimum atomic E-state index is -0.901. The lowest BCUT2D eigenvalue weighted by molar-refractivity contribution is -0.0528. The van der Waals surface area contributed by atoms with Gasteiger partial charge in [-0.05, 0) is 25.8 Å². The lowest BCUT2D eigenvalue weighted by atomic mass is 10.0. The highest BCUT2D eigenvalue weighted by Gasteiger charge is 2.44. The molecule has 0 aromatic rings. The molecule has 6 nitrogen and oxygen atoms in total. The van der Waals surface area contributed by atoms with E-state index in [9.17, 15) is 15.3 Å². The van der Waals surface area contributed by atoms with Gasteiger partial charge in [0.15, 0.2) is 0 Å². The second-order valence-electron chi connectivity index (χ2n) is 10.3. The van der Waals surface area contributed by atoms with Gasteiger partial charge in [-0.25, -0.2) is 0 Å². The first-order valence-corrected chi connectivity index (χ1v) is 14.1. The van der Waals surface area contributed by atoms with Crippen molar-refractivity contribution in [3.8, 4) is 0 Å². The van der Waals surface area contributed by atoms with Crippen molar-refractivity contribution in [3.63, 3.8) is 0 Å². The third kappa shape index (κ3) is 11.4. The molecule has 6 heteroatoms. The SMILES string of the molecule is CCCCCCCCCCCCCCCCOC[C@H]1O[C@H](CN2CCC[C@H]2CO)[C@@H](O)[C@@H]1O. The molecule has 196 valence electrons. The van der Waals surface area contributed by atoms with Crippen LogP contribution in [0.25, 0.3) is 0 Å². The average Bonchev–Trinajstić information content (AvgIpc) is 3.38. The van der Waals surface area contributed by atoms with Gasteiger partial charge in [-0.3, -0.25) is 4.90 Å². The van der Waals surface area contributed by atoms with E-state index in [0.29, 0.717) is 19.8 Å². The molecular formula is C27H53NO5. The van der Waals surface area contributed by atoms with Gasteiger partial charge in [-0.1, -0.05) is 90.4 Å². The van der Waals surface area contributed by atoms with E-state index in [1.807, 2.05) is 0 Å². The third-order valence-corrected chi connectivity index (χ3v) is 7.51. The summed E-state index contributed by atoms with van der Waals surface area (Å²) in [5.74, 6) is 0. The van der Waals surface area contributed by atoms with E-state index in [1.165, 1.54) is 83.5 Å². The summed E-state index contributed by atoms with van der Waals surface area (Å²) >= 11 is 0. The van der Waals surface area contributed by atoms with Gasteiger partial charge in [0.2, 0.25) is 0 Å². The number of likely N-dealkylation sites (tertiary alicyclic amines) is 1. The molecule has 2 aliphatic rings. The van der Waals surface area contributed by atoms with Gasteiger partial charge in [0.1, 0.15) is 18.3 Å². The lowest BCUT2D eigenvalue weighted by Gasteiger charge is -2.27. The molecule has 33 heavy (non-hydrogen) atoms. The first-order valence-electron chi connectivity index (χ1n) is 14.1. The van der Waals surface area contributed by atoms with Gasteiger partial charge >= 0.3 is 0 Å². The molecule has 0 aliphatic carbocycles. The van der Waals surface area contributed by atoms with Crippen LogP contribution in [-0.2, 0) is 9.47 Å². The predicted molar refractivity (Wildman–Crippen MR) is 133 cm³/mol. The van der Waals surface area contributed by atoms with Crippen molar-refractivity contribution in [1.29, 1.82) is 0 Å². The Bertz CT molecular complexity index is 466. The number of aliphatic hydroxyl groups excluding tert-OH is 3. The normalized spacial score (nSPS) is 28.2. The zero-order valence-electron chi connectivity index (χ0n) is 21.3. The Kier molecular flexibility index (Phi) is 15.9. The molecule has 2 aliphatic heterocycles. The van der Waals surface area contributed by atoms with E-state index in [4.69, 9.17) is 9.47 Å². The number of aliphatic hydroxyl groups is 3. The van der Waals surface area contributed by atoms with Crippen molar-refractivity contribution in [2.45, 2.75) is 140 Å². The summed E-state index contributed by atoms with van der Waals surface area (Å²) in [5.41, 5.74) is 0. The number of hydrogen-bond acceptors (Lipinski definition) is 6. The van der Waals surface area contributed by atoms with Crippen LogP contribution in [-0.4, -0.2) is 83.6 Å². The number of rotatable bonds is 20. The summed E-state index contributed by atoms with van der Waals surface area (Å²) in [6.07, 6.45) is 18.1. The molecule has 0 aromatic heterocycles. The number of unbranched alkanes of at least 4 members (excludes halogenated alkanes) is 13. The van der Waals surface area contributed by atoms with Crippen LogP contribution < -0.4 is 0 Å². The minimum absolute atomic E-state index is 0.136. The van der Waals surface area contributed by atoms with Crippen molar-refractivity contribution in [1.82, 2.24) is 4.90 Å². The van der Waals surface area contributed by atoms with E-state index >= 15 is 0 Å². The zero-order valence-corrected chi connectivity index (χ0v) is 21.3. The van der Waals surface area contributed by atoms with Crippen LogP contribution in [0, 0.1) is 0 Å². The van der Waals surface area contributed by atoms with Gasteiger partial charge in [0.25, 0.3) is 0 Å². The molecule has 0 aromatic carbocycles. The Morgan fingerprint density at radius 3 is 1.91 bits per heavy atom. The van der Waals surface area contributed by atoms with Gasteiger partial charge in [-0.2, -0.15) is 0 Å². The predicted octanol–water partition coefficient (Wildman–Crippen LogP) is 4.43. The highest BCUT2D eigenvalue weighted by atomic mass is 16.6. The van der Waals surface area contributed by atoms with Gasteiger partial charge in [0.05, 0.1) is 19.3 Å². The molecule has 2 rings (SSSR count). The van der Waals surface area contributed by atoms with Crippen molar-refractivity contribution < 1.29 is 24.8 Å². The molecule has 0 unspecified atom stereocenters. The lowest BCUT2D eigenvalue weighted by Crippen LogP contribution is -2.43. The van der Waals surface area contributed by atoms with Crippen LogP contribution in [0.5, 0.6) is 0 Å². The summed E-state index contributed by atoms with van der Waals surface area (Å²) in [6.45, 7) is 4.89. The molecule has 2 heterocycles. The molecule has 5 atom stereocenters. The Morgan fingerprint density at radius 2 is 1.33 bits per heavy atom. The van der Waals surface area contributed by atoms with Crippen molar-refractivity contribution in [2.24, 2.45) is 0 Å². The summed E-state index contributed by atoms with van der Waals surface area (Å²) < 4.78 is 11.7. The highest BCUT2D eigenvalue weighted by molar-refractivity contribution is 4.93. The molecule has 3 N–H and O–H groups in total. The summed E-state index contributed by atoms with van der Waals surface area (Å²) in [5, 5.41) is 30.2. The van der Waals surface area contributed by atoms with Crippen LogP contribution in [0.4, 0.5) is 0 Å². The summed E-state index contributed by atoms with van der Waals surface area (Å²) in [6, 6.07) is 0.147. The maximum atomic E-state index is 10.4. The van der Waals surface area contributed by atoms with Gasteiger partial charge in [0, 0.05) is 19.2 Å². The first kappa shape index (κ1) is 29.0. The van der Waals surface area contributed by atoms with Crippen LogP contribution in [0.3, 0.4) is 0 Å². The van der Waals surface area contributed by atoms with Gasteiger partial charge < -0.3 is 24.8 Å². The second kappa shape index (κ2) is 18.1. The quantitative estimate of drug-likeness (QED) is 0.228. The topological polar surface area (TPSA) is 82.4 Å². The minimum Gasteiger partial charge on any atom is -0.395 e. The van der Waals surface area contributed by atoms with E-state index in [-0.39, 0.29) is 12.6 Å².